The van der Waals surface area contributed by atoms with E-state index >= 15 is 0 Å². The van der Waals surface area contributed by atoms with Crippen LogP contribution in [0.1, 0.15) is 50.2 Å². The Labute approximate surface area is 234 Å². The first-order valence-electron chi connectivity index (χ1n) is 13.2. The molecule has 40 heavy (non-hydrogen) atoms. The van der Waals surface area contributed by atoms with Gasteiger partial charge in [0.1, 0.15) is 23.2 Å². The first kappa shape index (κ1) is 28.7. The molecule has 1 N–H and O–H groups in total. The van der Waals surface area contributed by atoms with Gasteiger partial charge < -0.3 is 29.0 Å². The summed E-state index contributed by atoms with van der Waals surface area (Å²) in [7, 11) is 4.62. The number of dihydropyridines is 1. The highest BCUT2D eigenvalue weighted by Crippen LogP contribution is 2.50. The Morgan fingerprint density at radius 3 is 2.27 bits per heavy atom. The topological polar surface area (TPSA) is 109 Å². The predicted molar refractivity (Wildman–Crippen MR) is 147 cm³/mol. The molecule has 2 aliphatic rings. The Kier molecular flexibility index (Phi) is 8.82. The van der Waals surface area contributed by atoms with Crippen LogP contribution in [-0.2, 0) is 23.9 Å². The molecule has 1 heterocycles. The molecule has 4 rings (SSSR count). The molecule has 0 unspecified atom stereocenters. The average Bonchev–Trinajstić information content (AvgIpc) is 2.96. The highest BCUT2D eigenvalue weighted by molar-refractivity contribution is 6.13. The standard InChI is InChI=1S/C31H35NO8/c1-7-39-30(34)25-17(3)32-23-16-22(18-10-9-11-19(14-18)36-4)27(31(35)40-8-2)29(33)28(23)26(25)21-13-12-20(37-5)15-24(21)38-6/h9-15,22,26-27,32H,7-8,16H2,1-6H3/t22-,26+,27-/m0/s1. The quantitative estimate of drug-likeness (QED) is 0.359. The second-order valence-corrected chi connectivity index (χ2v) is 9.50. The number of carbonyl (C=O) groups is 3. The number of ketones is 1. The van der Waals surface area contributed by atoms with Crippen molar-refractivity contribution in [2.75, 3.05) is 34.5 Å². The van der Waals surface area contributed by atoms with Gasteiger partial charge in [-0.15, -0.1) is 0 Å². The normalized spacial score (nSPS) is 20.4. The minimum atomic E-state index is -1.12. The number of methoxy groups -OCH3 is 3. The lowest BCUT2D eigenvalue weighted by atomic mass is 9.67. The van der Waals surface area contributed by atoms with Gasteiger partial charge in [0.15, 0.2) is 5.78 Å². The molecular formula is C31H35NO8. The number of hydrogen-bond donors (Lipinski definition) is 1. The van der Waals surface area contributed by atoms with E-state index in [1.54, 1.807) is 53.2 Å². The maximum Gasteiger partial charge on any atom is 0.336 e. The van der Waals surface area contributed by atoms with E-state index in [9.17, 15) is 14.4 Å². The summed E-state index contributed by atoms with van der Waals surface area (Å²) in [5, 5.41) is 3.31. The molecule has 0 saturated heterocycles. The Hall–Kier alpha value is -4.27. The second kappa shape index (κ2) is 12.3. The summed E-state index contributed by atoms with van der Waals surface area (Å²) >= 11 is 0. The van der Waals surface area contributed by atoms with Crippen molar-refractivity contribution >= 4 is 17.7 Å². The number of carbonyl (C=O) groups excluding carboxylic acids is 3. The first-order valence-corrected chi connectivity index (χ1v) is 13.2. The van der Waals surface area contributed by atoms with Gasteiger partial charge in [0.25, 0.3) is 0 Å². The van der Waals surface area contributed by atoms with E-state index in [4.69, 9.17) is 23.7 Å². The van der Waals surface area contributed by atoms with Crippen LogP contribution in [0.3, 0.4) is 0 Å². The van der Waals surface area contributed by atoms with E-state index in [0.29, 0.717) is 46.2 Å². The molecule has 0 fully saturated rings. The van der Waals surface area contributed by atoms with E-state index in [-0.39, 0.29) is 18.8 Å². The summed E-state index contributed by atoms with van der Waals surface area (Å²) in [6.07, 6.45) is 0.333. The van der Waals surface area contributed by atoms with E-state index in [1.165, 1.54) is 7.11 Å². The van der Waals surface area contributed by atoms with Gasteiger partial charge in [-0.05, 0) is 51.0 Å². The van der Waals surface area contributed by atoms with E-state index in [0.717, 1.165) is 5.56 Å². The van der Waals surface area contributed by atoms with Gasteiger partial charge in [-0.1, -0.05) is 18.2 Å². The molecule has 0 bridgehead atoms. The molecule has 2 aromatic carbocycles. The van der Waals surface area contributed by atoms with Crippen LogP contribution in [0.4, 0.5) is 0 Å². The lowest BCUT2D eigenvalue weighted by Gasteiger charge is -2.39. The monoisotopic (exact) mass is 549 g/mol. The van der Waals surface area contributed by atoms with Crippen LogP contribution in [0, 0.1) is 5.92 Å². The highest BCUT2D eigenvalue weighted by Gasteiger charge is 2.49. The number of rotatable bonds is 9. The van der Waals surface area contributed by atoms with Crippen LogP contribution < -0.4 is 19.5 Å². The summed E-state index contributed by atoms with van der Waals surface area (Å²) in [5.41, 5.74) is 3.14. The lowest BCUT2D eigenvalue weighted by Crippen LogP contribution is -2.43. The molecule has 3 atom stereocenters. The molecule has 0 saturated carbocycles. The Bertz CT molecular complexity index is 1380. The third-order valence-electron chi connectivity index (χ3n) is 7.33. The lowest BCUT2D eigenvalue weighted by molar-refractivity contribution is -0.152. The van der Waals surface area contributed by atoms with Gasteiger partial charge in [-0.3, -0.25) is 9.59 Å². The van der Waals surface area contributed by atoms with Gasteiger partial charge in [-0.2, -0.15) is 0 Å². The summed E-state index contributed by atoms with van der Waals surface area (Å²) in [4.78, 5) is 41.2. The number of Topliss-reactive ketones (excluding diaryl/α,β-unsaturated/α-hetero) is 1. The number of allylic oxidation sites excluding steroid dienone is 3. The number of benzene rings is 2. The molecule has 0 aromatic heterocycles. The third kappa shape index (κ3) is 5.28. The largest absolute Gasteiger partial charge is 0.497 e. The number of hydrogen-bond acceptors (Lipinski definition) is 9. The fourth-order valence-corrected chi connectivity index (χ4v) is 5.57. The van der Waals surface area contributed by atoms with Crippen LogP contribution in [0.15, 0.2) is 65.0 Å². The van der Waals surface area contributed by atoms with Gasteiger partial charge in [0, 0.05) is 34.5 Å². The maximum atomic E-state index is 14.5. The van der Waals surface area contributed by atoms with Crippen LogP contribution >= 0.6 is 0 Å². The minimum Gasteiger partial charge on any atom is -0.497 e. The van der Waals surface area contributed by atoms with Crippen LogP contribution in [0.2, 0.25) is 0 Å². The van der Waals surface area contributed by atoms with Gasteiger partial charge in [-0.25, -0.2) is 4.79 Å². The van der Waals surface area contributed by atoms with Crippen molar-refractivity contribution in [3.8, 4) is 17.2 Å². The van der Waals surface area contributed by atoms with Crippen molar-refractivity contribution in [2.24, 2.45) is 5.92 Å². The molecule has 0 amide bonds. The van der Waals surface area contributed by atoms with Crippen molar-refractivity contribution in [1.29, 1.82) is 0 Å². The smallest absolute Gasteiger partial charge is 0.336 e. The summed E-state index contributed by atoms with van der Waals surface area (Å²) in [6.45, 7) is 5.49. The highest BCUT2D eigenvalue weighted by atomic mass is 16.5. The van der Waals surface area contributed by atoms with Gasteiger partial charge >= 0.3 is 11.9 Å². The Morgan fingerprint density at radius 2 is 1.62 bits per heavy atom. The minimum absolute atomic E-state index is 0.125. The summed E-state index contributed by atoms with van der Waals surface area (Å²) in [6, 6.07) is 12.5. The van der Waals surface area contributed by atoms with Crippen LogP contribution in [-0.4, -0.2) is 52.3 Å². The van der Waals surface area contributed by atoms with Crippen LogP contribution in [0.25, 0.3) is 0 Å². The van der Waals surface area contributed by atoms with Crippen molar-refractivity contribution in [1.82, 2.24) is 5.32 Å². The summed E-state index contributed by atoms with van der Waals surface area (Å²) in [5.74, 6) is -2.46. The van der Waals surface area contributed by atoms with Crippen molar-refractivity contribution < 1.29 is 38.1 Å². The Balaban J connectivity index is 1.95. The predicted octanol–water partition coefficient (Wildman–Crippen LogP) is 4.43. The number of nitrogens with one attached hydrogen (secondary N) is 1. The number of ether oxygens (including phenoxy) is 5. The fourth-order valence-electron chi connectivity index (χ4n) is 5.57. The second-order valence-electron chi connectivity index (χ2n) is 9.50. The SMILES string of the molecule is CCOC(=O)C1=C(C)NC2=C(C(=O)[C@@H](C(=O)OCC)[C@H](c3cccc(OC)c3)C2)[C@@H]1c1ccc(OC)cc1OC. The molecule has 212 valence electrons. The zero-order valence-corrected chi connectivity index (χ0v) is 23.7. The molecule has 1 aliphatic carbocycles. The first-order chi connectivity index (χ1) is 19.3. The zero-order chi connectivity index (χ0) is 29.0. The van der Waals surface area contributed by atoms with E-state index in [1.807, 2.05) is 24.3 Å². The Morgan fingerprint density at radius 1 is 0.925 bits per heavy atom. The summed E-state index contributed by atoms with van der Waals surface area (Å²) < 4.78 is 27.3. The van der Waals surface area contributed by atoms with Gasteiger partial charge in [0.2, 0.25) is 0 Å². The van der Waals surface area contributed by atoms with Gasteiger partial charge in [0.05, 0.1) is 46.0 Å². The van der Waals surface area contributed by atoms with Crippen molar-refractivity contribution in [3.05, 3.63) is 76.1 Å². The molecule has 9 nitrogen and oxygen atoms in total. The fraction of sp³-hybridized carbons (Fsp3) is 0.387. The number of esters is 2. The van der Waals surface area contributed by atoms with E-state index < -0.39 is 35.5 Å². The maximum absolute atomic E-state index is 14.5. The molecular weight excluding hydrogens is 514 g/mol. The molecule has 9 heteroatoms. The van der Waals surface area contributed by atoms with Crippen molar-refractivity contribution in [2.45, 2.75) is 39.0 Å². The average molecular weight is 550 g/mol. The molecule has 0 spiro atoms. The van der Waals surface area contributed by atoms with E-state index in [2.05, 4.69) is 5.32 Å². The molecule has 0 radical (unpaired) electrons. The van der Waals surface area contributed by atoms with Crippen LogP contribution in [0.5, 0.6) is 17.2 Å². The zero-order valence-electron chi connectivity index (χ0n) is 23.7. The molecule has 2 aromatic rings. The van der Waals surface area contributed by atoms with Crippen molar-refractivity contribution in [3.63, 3.8) is 0 Å². The molecule has 1 aliphatic heterocycles. The third-order valence-corrected chi connectivity index (χ3v) is 7.33.